The minimum atomic E-state index is -0.804. The first-order chi connectivity index (χ1) is 12.1. The number of nitrogens with zero attached hydrogens (tertiary/aromatic N) is 3. The number of carboxylic acids is 1. The van der Waals surface area contributed by atoms with Crippen LogP contribution in [0.25, 0.3) is 0 Å². The molecule has 1 aromatic heterocycles. The molecule has 2 aromatic rings. The Morgan fingerprint density at radius 1 is 1.24 bits per heavy atom. The van der Waals surface area contributed by atoms with E-state index in [1.54, 1.807) is 26.6 Å². The summed E-state index contributed by atoms with van der Waals surface area (Å²) in [5, 5.41) is 9.70. The molecule has 7 nitrogen and oxygen atoms in total. The summed E-state index contributed by atoms with van der Waals surface area (Å²) in [5.41, 5.74) is 1.82. The molecule has 25 heavy (non-hydrogen) atoms. The van der Waals surface area contributed by atoms with Crippen LogP contribution in [-0.4, -0.2) is 53.3 Å². The normalized spacial score (nSPS) is 20.4. The summed E-state index contributed by atoms with van der Waals surface area (Å²) in [4.78, 5) is 22.0. The van der Waals surface area contributed by atoms with Gasteiger partial charge in [0.1, 0.15) is 6.33 Å². The lowest BCUT2D eigenvalue weighted by Crippen LogP contribution is -2.23. The Labute approximate surface area is 146 Å². The van der Waals surface area contributed by atoms with Gasteiger partial charge in [-0.05, 0) is 6.07 Å². The predicted octanol–water partition coefficient (Wildman–Crippen LogP) is 1.79. The molecule has 1 aliphatic rings. The zero-order valence-electron chi connectivity index (χ0n) is 14.3. The van der Waals surface area contributed by atoms with Gasteiger partial charge < -0.3 is 14.6 Å². The van der Waals surface area contributed by atoms with Gasteiger partial charge in [0.15, 0.2) is 11.5 Å². The molecule has 0 radical (unpaired) electrons. The number of hydrogen-bond acceptors (Lipinski definition) is 6. The molecule has 1 saturated heterocycles. The van der Waals surface area contributed by atoms with Gasteiger partial charge in [-0.15, -0.1) is 0 Å². The third-order valence-corrected chi connectivity index (χ3v) is 4.57. The maximum atomic E-state index is 11.8. The standard InChI is InChI=1S/C18H21N3O4/c1-24-16-5-3-4-13(17(16)25-2)14-9-21(10-15(14)18(22)23)8-12-6-19-11-20-7-12/h3-7,11,14-15H,8-10H2,1-2H3,(H,22,23). The average Bonchev–Trinajstić information content (AvgIpc) is 3.05. The summed E-state index contributed by atoms with van der Waals surface area (Å²) in [6.45, 7) is 1.71. The first-order valence-electron chi connectivity index (χ1n) is 8.04. The molecule has 0 spiro atoms. The fourth-order valence-corrected chi connectivity index (χ4v) is 3.45. The van der Waals surface area contributed by atoms with Gasteiger partial charge in [-0.2, -0.15) is 0 Å². The summed E-state index contributed by atoms with van der Waals surface area (Å²) < 4.78 is 10.9. The van der Waals surface area contributed by atoms with E-state index in [1.807, 2.05) is 18.2 Å². The number of carboxylic acid groups (broad SMARTS) is 1. The van der Waals surface area contributed by atoms with Crippen LogP contribution in [0.5, 0.6) is 11.5 Å². The number of hydrogen-bond donors (Lipinski definition) is 1. The Hall–Kier alpha value is -2.67. The molecular formula is C18H21N3O4. The molecule has 0 amide bonds. The van der Waals surface area contributed by atoms with Crippen LogP contribution in [0, 0.1) is 5.92 Å². The smallest absolute Gasteiger partial charge is 0.308 e. The highest BCUT2D eigenvalue weighted by Crippen LogP contribution is 2.42. The van der Waals surface area contributed by atoms with E-state index in [-0.39, 0.29) is 5.92 Å². The van der Waals surface area contributed by atoms with E-state index >= 15 is 0 Å². The molecule has 2 atom stereocenters. The Bertz CT molecular complexity index is 738. The fraction of sp³-hybridized carbons (Fsp3) is 0.389. The van der Waals surface area contributed by atoms with Crippen LogP contribution in [0.1, 0.15) is 17.0 Å². The lowest BCUT2D eigenvalue weighted by atomic mass is 9.88. The third-order valence-electron chi connectivity index (χ3n) is 4.57. The lowest BCUT2D eigenvalue weighted by molar-refractivity contribution is -0.141. The monoisotopic (exact) mass is 343 g/mol. The summed E-state index contributed by atoms with van der Waals surface area (Å²) >= 11 is 0. The Kier molecular flexibility index (Phi) is 5.14. The van der Waals surface area contributed by atoms with Crippen molar-refractivity contribution in [1.29, 1.82) is 0 Å². The quantitative estimate of drug-likeness (QED) is 0.856. The van der Waals surface area contributed by atoms with E-state index in [0.29, 0.717) is 31.1 Å². The summed E-state index contributed by atoms with van der Waals surface area (Å²) in [6.07, 6.45) is 4.99. The molecule has 132 valence electrons. The molecule has 1 fully saturated rings. The Morgan fingerprint density at radius 2 is 2.00 bits per heavy atom. The molecule has 0 aliphatic carbocycles. The largest absolute Gasteiger partial charge is 0.493 e. The molecule has 1 N–H and O–H groups in total. The number of rotatable bonds is 6. The minimum absolute atomic E-state index is 0.174. The van der Waals surface area contributed by atoms with Gasteiger partial charge in [0.2, 0.25) is 0 Å². The first kappa shape index (κ1) is 17.2. The van der Waals surface area contributed by atoms with Crippen molar-refractivity contribution in [3.63, 3.8) is 0 Å². The van der Waals surface area contributed by atoms with Crippen molar-refractivity contribution in [2.75, 3.05) is 27.3 Å². The number of aromatic nitrogens is 2. The molecule has 0 saturated carbocycles. The van der Waals surface area contributed by atoms with Crippen LogP contribution in [0.2, 0.25) is 0 Å². The second-order valence-corrected chi connectivity index (χ2v) is 6.07. The zero-order chi connectivity index (χ0) is 17.8. The maximum absolute atomic E-state index is 11.8. The van der Waals surface area contributed by atoms with Crippen molar-refractivity contribution in [1.82, 2.24) is 14.9 Å². The van der Waals surface area contributed by atoms with Crippen LogP contribution in [0.4, 0.5) is 0 Å². The van der Waals surface area contributed by atoms with Crippen molar-refractivity contribution in [3.8, 4) is 11.5 Å². The van der Waals surface area contributed by atoms with Crippen LogP contribution in [-0.2, 0) is 11.3 Å². The topological polar surface area (TPSA) is 84.8 Å². The number of likely N-dealkylation sites (tertiary alicyclic amines) is 1. The van der Waals surface area contributed by atoms with Gasteiger partial charge in [0, 0.05) is 49.1 Å². The van der Waals surface area contributed by atoms with E-state index in [2.05, 4.69) is 14.9 Å². The van der Waals surface area contributed by atoms with Crippen molar-refractivity contribution < 1.29 is 19.4 Å². The fourth-order valence-electron chi connectivity index (χ4n) is 3.45. The minimum Gasteiger partial charge on any atom is -0.493 e. The van der Waals surface area contributed by atoms with E-state index in [0.717, 1.165) is 11.1 Å². The highest BCUT2D eigenvalue weighted by atomic mass is 16.5. The van der Waals surface area contributed by atoms with Crippen molar-refractivity contribution in [2.24, 2.45) is 5.92 Å². The molecule has 3 rings (SSSR count). The SMILES string of the molecule is COc1cccc(C2CN(Cc3cncnc3)CC2C(=O)O)c1OC. The van der Waals surface area contributed by atoms with Gasteiger partial charge in [-0.1, -0.05) is 12.1 Å². The number of carbonyl (C=O) groups is 1. The highest BCUT2D eigenvalue weighted by Gasteiger charge is 2.40. The molecule has 2 heterocycles. The number of ether oxygens (including phenoxy) is 2. The number of methoxy groups -OCH3 is 2. The summed E-state index contributed by atoms with van der Waals surface area (Å²) in [5.74, 6) is -0.273. The second kappa shape index (κ2) is 7.48. The van der Waals surface area contributed by atoms with E-state index < -0.39 is 11.9 Å². The van der Waals surface area contributed by atoms with Crippen LogP contribution in [0.15, 0.2) is 36.9 Å². The maximum Gasteiger partial charge on any atom is 0.308 e. The predicted molar refractivity (Wildman–Crippen MR) is 90.7 cm³/mol. The number of aliphatic carboxylic acids is 1. The Balaban J connectivity index is 1.88. The van der Waals surface area contributed by atoms with Gasteiger partial charge in [0.05, 0.1) is 20.1 Å². The van der Waals surface area contributed by atoms with Crippen LogP contribution < -0.4 is 9.47 Å². The van der Waals surface area contributed by atoms with Crippen LogP contribution >= 0.6 is 0 Å². The van der Waals surface area contributed by atoms with E-state index in [9.17, 15) is 9.90 Å². The van der Waals surface area contributed by atoms with Gasteiger partial charge in [0.25, 0.3) is 0 Å². The zero-order valence-corrected chi connectivity index (χ0v) is 14.3. The van der Waals surface area contributed by atoms with E-state index in [1.165, 1.54) is 6.33 Å². The Morgan fingerprint density at radius 3 is 2.64 bits per heavy atom. The molecule has 1 aliphatic heterocycles. The molecular weight excluding hydrogens is 322 g/mol. The lowest BCUT2D eigenvalue weighted by Gasteiger charge is -2.20. The number of benzene rings is 1. The van der Waals surface area contributed by atoms with Crippen molar-refractivity contribution >= 4 is 5.97 Å². The molecule has 0 bridgehead atoms. The summed E-state index contributed by atoms with van der Waals surface area (Å²) in [7, 11) is 3.15. The average molecular weight is 343 g/mol. The molecule has 2 unspecified atom stereocenters. The first-order valence-corrected chi connectivity index (χ1v) is 8.04. The number of para-hydroxylation sites is 1. The third kappa shape index (κ3) is 3.56. The van der Waals surface area contributed by atoms with Crippen LogP contribution in [0.3, 0.4) is 0 Å². The van der Waals surface area contributed by atoms with E-state index in [4.69, 9.17) is 9.47 Å². The van der Waals surface area contributed by atoms with Crippen molar-refractivity contribution in [3.05, 3.63) is 48.0 Å². The molecule has 1 aromatic carbocycles. The van der Waals surface area contributed by atoms with Gasteiger partial charge >= 0.3 is 5.97 Å². The van der Waals surface area contributed by atoms with Gasteiger partial charge in [-0.3, -0.25) is 9.69 Å². The second-order valence-electron chi connectivity index (χ2n) is 6.07. The summed E-state index contributed by atoms with van der Waals surface area (Å²) in [6, 6.07) is 5.59. The van der Waals surface area contributed by atoms with Crippen molar-refractivity contribution in [2.45, 2.75) is 12.5 Å². The highest BCUT2D eigenvalue weighted by molar-refractivity contribution is 5.73. The molecule has 7 heteroatoms. The van der Waals surface area contributed by atoms with Gasteiger partial charge in [-0.25, -0.2) is 9.97 Å².